The molecular formula is C44H36N2. The highest BCUT2D eigenvalue weighted by molar-refractivity contribution is 6.10. The largest absolute Gasteiger partial charge is 0.314 e. The molecule has 1 heterocycles. The van der Waals surface area contributed by atoms with Crippen molar-refractivity contribution in [3.05, 3.63) is 181 Å². The van der Waals surface area contributed by atoms with Crippen molar-refractivity contribution >= 4 is 49.5 Å². The van der Waals surface area contributed by atoms with Gasteiger partial charge >= 0.3 is 0 Å². The Labute approximate surface area is 270 Å². The zero-order valence-electron chi connectivity index (χ0n) is 26.5. The van der Waals surface area contributed by atoms with Crippen molar-refractivity contribution in [1.29, 1.82) is 0 Å². The van der Waals surface area contributed by atoms with Gasteiger partial charge in [0.2, 0.25) is 0 Å². The number of rotatable bonds is 6. The number of aromatic nitrogens is 1. The van der Waals surface area contributed by atoms with Gasteiger partial charge in [-0.2, -0.15) is 0 Å². The fourth-order valence-corrected chi connectivity index (χ4v) is 7.47. The van der Waals surface area contributed by atoms with E-state index in [0.717, 1.165) is 22.8 Å². The first-order valence-corrected chi connectivity index (χ1v) is 16.0. The smallest absolute Gasteiger partial charge is 0.0542 e. The fourth-order valence-electron chi connectivity index (χ4n) is 7.47. The van der Waals surface area contributed by atoms with Gasteiger partial charge in [-0.3, -0.25) is 0 Å². The summed E-state index contributed by atoms with van der Waals surface area (Å²) < 4.78 is 2.37. The van der Waals surface area contributed by atoms with Crippen LogP contribution < -0.4 is 4.90 Å². The molecule has 0 amide bonds. The number of hydrogen-bond acceptors (Lipinski definition) is 1. The third-order valence-corrected chi connectivity index (χ3v) is 9.68. The average molecular weight is 593 g/mol. The Morgan fingerprint density at radius 1 is 0.652 bits per heavy atom. The molecule has 222 valence electrons. The van der Waals surface area contributed by atoms with E-state index in [0.29, 0.717) is 0 Å². The predicted octanol–water partition coefficient (Wildman–Crippen LogP) is 11.9. The predicted molar refractivity (Wildman–Crippen MR) is 197 cm³/mol. The minimum absolute atomic E-state index is 0.149. The lowest BCUT2D eigenvalue weighted by molar-refractivity contribution is 0.653. The molecule has 1 aliphatic carbocycles. The van der Waals surface area contributed by atoms with Crippen molar-refractivity contribution in [2.75, 3.05) is 4.90 Å². The summed E-state index contributed by atoms with van der Waals surface area (Å²) in [4.78, 5) is 2.41. The second-order valence-electron chi connectivity index (χ2n) is 12.7. The van der Waals surface area contributed by atoms with E-state index in [9.17, 15) is 0 Å². The van der Waals surface area contributed by atoms with Crippen LogP contribution in [0.5, 0.6) is 0 Å². The molecule has 46 heavy (non-hydrogen) atoms. The number of benzene rings is 6. The van der Waals surface area contributed by atoms with Gasteiger partial charge in [0.05, 0.1) is 11.0 Å². The molecule has 0 unspecified atom stereocenters. The Bertz CT molecular complexity index is 2370. The highest BCUT2D eigenvalue weighted by Crippen LogP contribution is 2.48. The van der Waals surface area contributed by atoms with Crippen LogP contribution in [0.25, 0.3) is 43.8 Å². The van der Waals surface area contributed by atoms with Crippen LogP contribution in [0.1, 0.15) is 31.9 Å². The molecule has 1 aromatic heterocycles. The third kappa shape index (κ3) is 4.33. The highest BCUT2D eigenvalue weighted by atomic mass is 15.1. The molecule has 6 aromatic carbocycles. The fraction of sp³-hybridized carbons (Fsp3) is 0.0909. The first-order valence-electron chi connectivity index (χ1n) is 16.0. The van der Waals surface area contributed by atoms with Crippen LogP contribution in [-0.2, 0) is 5.41 Å². The van der Waals surface area contributed by atoms with Gasteiger partial charge in [-0.05, 0) is 94.6 Å². The number of hydrogen-bond donors (Lipinski definition) is 0. The molecular weight excluding hydrogens is 556 g/mol. The minimum Gasteiger partial charge on any atom is -0.314 e. The summed E-state index contributed by atoms with van der Waals surface area (Å²) in [6.07, 6.45) is 4.40. The average Bonchev–Trinajstić information content (AvgIpc) is 3.53. The lowest BCUT2D eigenvalue weighted by Crippen LogP contribution is -2.19. The Morgan fingerprint density at radius 2 is 1.30 bits per heavy atom. The van der Waals surface area contributed by atoms with E-state index in [1.165, 1.54) is 54.9 Å². The Hall–Kier alpha value is -5.60. The SMILES string of the molecule is C=CC1=C(/C=C(\C)N(c2ccc3ccccc3c2)c2ccc3c(c2)c2ccccc2n3-c2ccccc2)C(C)(C)c2ccccc21. The van der Waals surface area contributed by atoms with Crippen LogP contribution in [0.4, 0.5) is 11.4 Å². The second kappa shape index (κ2) is 10.8. The Kier molecular flexibility index (Phi) is 6.54. The second-order valence-corrected chi connectivity index (χ2v) is 12.7. The maximum atomic E-state index is 4.25. The van der Waals surface area contributed by atoms with Crippen LogP contribution in [0.3, 0.4) is 0 Å². The first-order chi connectivity index (χ1) is 22.5. The van der Waals surface area contributed by atoms with Crippen LogP contribution in [0, 0.1) is 0 Å². The summed E-state index contributed by atoms with van der Waals surface area (Å²) in [6.45, 7) is 11.1. The molecule has 0 saturated heterocycles. The van der Waals surface area contributed by atoms with Gasteiger partial charge in [-0.1, -0.05) is 117 Å². The van der Waals surface area contributed by atoms with E-state index in [1.807, 2.05) is 6.08 Å². The zero-order chi connectivity index (χ0) is 31.4. The van der Waals surface area contributed by atoms with E-state index in [-0.39, 0.29) is 5.41 Å². The summed E-state index contributed by atoms with van der Waals surface area (Å²) in [6, 6.07) is 50.4. The van der Waals surface area contributed by atoms with Gasteiger partial charge in [0, 0.05) is 38.9 Å². The number of para-hydroxylation sites is 2. The lowest BCUT2D eigenvalue weighted by atomic mass is 9.81. The van der Waals surface area contributed by atoms with Gasteiger partial charge < -0.3 is 9.47 Å². The van der Waals surface area contributed by atoms with Gasteiger partial charge in [-0.25, -0.2) is 0 Å². The van der Waals surface area contributed by atoms with Crippen molar-refractivity contribution in [3.8, 4) is 5.69 Å². The maximum Gasteiger partial charge on any atom is 0.0542 e. The quantitative estimate of drug-likeness (QED) is 0.186. The molecule has 7 aromatic rings. The normalized spacial score (nSPS) is 14.3. The van der Waals surface area contributed by atoms with Crippen molar-refractivity contribution in [2.24, 2.45) is 0 Å². The first kappa shape index (κ1) is 27.9. The summed E-state index contributed by atoms with van der Waals surface area (Å²) >= 11 is 0. The van der Waals surface area contributed by atoms with E-state index in [4.69, 9.17) is 0 Å². The van der Waals surface area contributed by atoms with E-state index < -0.39 is 0 Å². The lowest BCUT2D eigenvalue weighted by Gasteiger charge is -2.29. The third-order valence-electron chi connectivity index (χ3n) is 9.68. The van der Waals surface area contributed by atoms with Crippen LogP contribution in [0.15, 0.2) is 170 Å². The van der Waals surface area contributed by atoms with Gasteiger partial charge in [0.25, 0.3) is 0 Å². The van der Waals surface area contributed by atoms with Crippen molar-refractivity contribution < 1.29 is 0 Å². The van der Waals surface area contributed by atoms with Crippen molar-refractivity contribution in [1.82, 2.24) is 4.57 Å². The molecule has 0 saturated carbocycles. The molecule has 0 N–H and O–H groups in total. The molecule has 0 radical (unpaired) electrons. The molecule has 0 bridgehead atoms. The molecule has 0 aliphatic heterocycles. The van der Waals surface area contributed by atoms with Gasteiger partial charge in [0.1, 0.15) is 0 Å². The Morgan fingerprint density at radius 3 is 2.13 bits per heavy atom. The molecule has 2 nitrogen and oxygen atoms in total. The highest BCUT2D eigenvalue weighted by Gasteiger charge is 2.35. The van der Waals surface area contributed by atoms with Crippen LogP contribution in [0.2, 0.25) is 0 Å². The number of nitrogens with zero attached hydrogens (tertiary/aromatic N) is 2. The molecule has 0 spiro atoms. The minimum atomic E-state index is -0.149. The zero-order valence-corrected chi connectivity index (χ0v) is 26.5. The molecule has 0 fully saturated rings. The number of fused-ring (bicyclic) bond motifs is 5. The molecule has 8 rings (SSSR count). The van der Waals surface area contributed by atoms with Crippen LogP contribution in [-0.4, -0.2) is 4.57 Å². The summed E-state index contributed by atoms with van der Waals surface area (Å²) in [5.41, 5.74) is 11.9. The summed E-state index contributed by atoms with van der Waals surface area (Å²) in [5.74, 6) is 0. The van der Waals surface area contributed by atoms with Crippen LogP contribution >= 0.6 is 0 Å². The Balaban J connectivity index is 1.36. The van der Waals surface area contributed by atoms with E-state index >= 15 is 0 Å². The van der Waals surface area contributed by atoms with E-state index in [1.54, 1.807) is 0 Å². The summed E-state index contributed by atoms with van der Waals surface area (Å²) in [5, 5.41) is 4.93. The number of anilines is 2. The summed E-state index contributed by atoms with van der Waals surface area (Å²) in [7, 11) is 0. The van der Waals surface area contributed by atoms with Gasteiger partial charge in [-0.15, -0.1) is 0 Å². The standard InChI is InChI=1S/C44H36N2/c1-5-36-37-19-11-13-21-40(37)44(3,4)41(36)27-30(2)45(34-24-23-31-15-9-10-16-32(31)28-34)35-25-26-43-39(29-35)38-20-12-14-22-42(38)46(43)33-17-7-6-8-18-33/h5-29H,1H2,2-4H3/b30-27+. The molecule has 1 aliphatic rings. The maximum absolute atomic E-state index is 4.25. The topological polar surface area (TPSA) is 8.17 Å². The molecule has 2 heteroatoms. The monoisotopic (exact) mass is 592 g/mol. The van der Waals surface area contributed by atoms with Crippen molar-refractivity contribution in [3.63, 3.8) is 0 Å². The van der Waals surface area contributed by atoms with Gasteiger partial charge in [0.15, 0.2) is 0 Å². The van der Waals surface area contributed by atoms with E-state index in [2.05, 4.69) is 182 Å². The van der Waals surface area contributed by atoms with Crippen molar-refractivity contribution in [2.45, 2.75) is 26.2 Å². The molecule has 0 atom stereocenters. The number of allylic oxidation sites excluding steroid dienone is 5.